The van der Waals surface area contributed by atoms with Crippen molar-refractivity contribution >= 4 is 32.8 Å². The molecule has 0 saturated carbocycles. The van der Waals surface area contributed by atoms with Gasteiger partial charge in [-0.15, -0.1) is 11.3 Å². The molecule has 0 unspecified atom stereocenters. The zero-order chi connectivity index (χ0) is 29.0. The third-order valence-electron chi connectivity index (χ3n) is 6.02. The van der Waals surface area contributed by atoms with Gasteiger partial charge in [0.05, 0.1) is 28.8 Å². The Morgan fingerprint density at radius 1 is 1.23 bits per heavy atom. The molecule has 8 nitrogen and oxygen atoms in total. The van der Waals surface area contributed by atoms with E-state index in [-0.39, 0.29) is 16.8 Å². The molecule has 4 rings (SSSR count). The molecular formula is C24H25F5N4O4S2. The number of carboxylic acids is 1. The minimum atomic E-state index is -5.08. The van der Waals surface area contributed by atoms with Crippen molar-refractivity contribution < 1.29 is 40.3 Å². The lowest BCUT2D eigenvalue weighted by Crippen LogP contribution is -2.35. The second kappa shape index (κ2) is 12.3. The van der Waals surface area contributed by atoms with Crippen LogP contribution in [0.25, 0.3) is 0 Å². The summed E-state index contributed by atoms with van der Waals surface area (Å²) in [5, 5.41) is 8.88. The molecule has 0 amide bonds. The summed E-state index contributed by atoms with van der Waals surface area (Å²) in [6.07, 6.45) is -2.63. The Morgan fingerprint density at radius 2 is 1.92 bits per heavy atom. The van der Waals surface area contributed by atoms with Crippen LogP contribution in [0.2, 0.25) is 0 Å². The van der Waals surface area contributed by atoms with E-state index in [9.17, 15) is 30.4 Å². The van der Waals surface area contributed by atoms with Crippen molar-refractivity contribution in [3.8, 4) is 0 Å². The van der Waals surface area contributed by atoms with E-state index in [1.807, 2.05) is 14.0 Å². The standard InChI is InChI=1S/C22H24F2N4O2S2.C2HF3O2/c1-15-7-22(32(29,30)13-18-12-31-14-26-18)25-9-21(15)27(2)19-5-6-28(11-19)10-16-8-17(23)3-4-20(16)24;3-2(4,5)1(6)7/h3-4,7-9,12,14,19H,5-6,10-11,13H2,1-2H3;(H,6,7)/t19-;/m0./s1. The molecule has 0 aliphatic carbocycles. The number of sulfone groups is 1. The number of anilines is 1. The molecule has 1 aliphatic heterocycles. The number of nitrogens with zero attached hydrogens (tertiary/aromatic N) is 4. The number of halogens is 5. The van der Waals surface area contributed by atoms with Crippen molar-refractivity contribution in [3.05, 3.63) is 69.8 Å². The van der Waals surface area contributed by atoms with Crippen molar-refractivity contribution in [1.82, 2.24) is 14.9 Å². The van der Waals surface area contributed by atoms with Gasteiger partial charge in [-0.25, -0.2) is 32.0 Å². The van der Waals surface area contributed by atoms with E-state index >= 15 is 0 Å². The first-order valence-electron chi connectivity index (χ1n) is 11.4. The fourth-order valence-electron chi connectivity index (χ4n) is 4.01. The fourth-order valence-corrected chi connectivity index (χ4v) is 5.94. The first-order chi connectivity index (χ1) is 18.2. The summed E-state index contributed by atoms with van der Waals surface area (Å²) < 4.78 is 84.6. The van der Waals surface area contributed by atoms with Gasteiger partial charge in [0.25, 0.3) is 0 Å². The number of rotatable bonds is 7. The molecule has 3 aromatic rings. The van der Waals surface area contributed by atoms with E-state index in [4.69, 9.17) is 9.90 Å². The normalized spacial score (nSPS) is 16.0. The van der Waals surface area contributed by atoms with Crippen molar-refractivity contribution in [3.63, 3.8) is 0 Å². The highest BCUT2D eigenvalue weighted by Gasteiger charge is 2.38. The van der Waals surface area contributed by atoms with Crippen LogP contribution in [-0.4, -0.2) is 66.7 Å². The topological polar surface area (TPSA) is 104 Å². The van der Waals surface area contributed by atoms with Crippen LogP contribution in [0, 0.1) is 18.6 Å². The Hall–Kier alpha value is -3.17. The Balaban J connectivity index is 0.000000532. The quantitative estimate of drug-likeness (QED) is 0.402. The van der Waals surface area contributed by atoms with E-state index in [0.717, 1.165) is 36.3 Å². The van der Waals surface area contributed by atoms with Gasteiger partial charge in [-0.1, -0.05) is 0 Å². The number of likely N-dealkylation sites (N-methyl/N-ethyl adjacent to an activating group) is 1. The lowest BCUT2D eigenvalue weighted by Gasteiger charge is -2.28. The predicted molar refractivity (Wildman–Crippen MR) is 134 cm³/mol. The molecule has 0 bridgehead atoms. The van der Waals surface area contributed by atoms with Crippen LogP contribution in [0.5, 0.6) is 0 Å². The summed E-state index contributed by atoms with van der Waals surface area (Å²) in [5.41, 5.74) is 4.13. The van der Waals surface area contributed by atoms with Crippen LogP contribution in [0.15, 0.2) is 46.4 Å². The van der Waals surface area contributed by atoms with Crippen LogP contribution < -0.4 is 4.90 Å². The predicted octanol–water partition coefficient (Wildman–Crippen LogP) is 4.44. The van der Waals surface area contributed by atoms with Gasteiger partial charge in [-0.05, 0) is 43.2 Å². The Kier molecular flexibility index (Phi) is 9.61. The van der Waals surface area contributed by atoms with E-state index in [1.165, 1.54) is 17.4 Å². The molecule has 39 heavy (non-hydrogen) atoms. The van der Waals surface area contributed by atoms with Crippen molar-refractivity contribution in [2.24, 2.45) is 0 Å². The third kappa shape index (κ3) is 8.16. The number of aryl methyl sites for hydroxylation is 1. The van der Waals surface area contributed by atoms with Crippen molar-refractivity contribution in [2.75, 3.05) is 25.0 Å². The molecule has 1 aliphatic rings. The number of thiazole rings is 1. The van der Waals surface area contributed by atoms with Crippen LogP contribution in [0.1, 0.15) is 23.2 Å². The lowest BCUT2D eigenvalue weighted by molar-refractivity contribution is -0.192. The van der Waals surface area contributed by atoms with Crippen molar-refractivity contribution in [2.45, 2.75) is 42.9 Å². The number of aromatic nitrogens is 2. The Labute approximate surface area is 225 Å². The SMILES string of the molecule is Cc1cc(S(=O)(=O)Cc2cscn2)ncc1N(C)[C@H]1CCN(Cc2cc(F)ccc2F)C1.O=C(O)C(F)(F)F. The molecular weight excluding hydrogens is 567 g/mol. The van der Waals surface area contributed by atoms with E-state index in [1.54, 1.807) is 23.2 Å². The van der Waals surface area contributed by atoms with E-state index in [2.05, 4.69) is 19.8 Å². The molecule has 0 spiro atoms. The minimum absolute atomic E-state index is 0.0368. The largest absolute Gasteiger partial charge is 0.490 e. The van der Waals surface area contributed by atoms with Gasteiger partial charge >= 0.3 is 12.1 Å². The number of hydrogen-bond donors (Lipinski definition) is 1. The highest BCUT2D eigenvalue weighted by molar-refractivity contribution is 7.90. The van der Waals surface area contributed by atoms with E-state index < -0.39 is 33.6 Å². The zero-order valence-corrected chi connectivity index (χ0v) is 22.5. The molecule has 1 atom stereocenters. The van der Waals surface area contributed by atoms with Crippen LogP contribution in [0.4, 0.5) is 27.6 Å². The van der Waals surface area contributed by atoms with Gasteiger partial charge in [-0.3, -0.25) is 4.90 Å². The van der Waals surface area contributed by atoms with Gasteiger partial charge in [0.15, 0.2) is 5.03 Å². The summed E-state index contributed by atoms with van der Waals surface area (Å²) in [6.45, 7) is 3.66. The summed E-state index contributed by atoms with van der Waals surface area (Å²) in [6, 6.07) is 5.28. The fraction of sp³-hybridized carbons (Fsp3) is 0.375. The molecule has 15 heteroatoms. The highest BCUT2D eigenvalue weighted by atomic mass is 32.2. The summed E-state index contributed by atoms with van der Waals surface area (Å²) >= 11 is 1.36. The molecule has 1 saturated heterocycles. The van der Waals surface area contributed by atoms with Crippen molar-refractivity contribution in [1.29, 1.82) is 0 Å². The lowest BCUT2D eigenvalue weighted by atomic mass is 10.1. The number of carboxylic acid groups (broad SMARTS) is 1. The summed E-state index contributed by atoms with van der Waals surface area (Å²) in [7, 11) is -1.63. The number of hydrogen-bond acceptors (Lipinski definition) is 8. The second-order valence-corrected chi connectivity index (χ2v) is 11.5. The number of alkyl halides is 3. The van der Waals surface area contributed by atoms with Gasteiger partial charge < -0.3 is 10.0 Å². The number of pyridine rings is 1. The average molecular weight is 593 g/mol. The Morgan fingerprint density at radius 3 is 2.51 bits per heavy atom. The Bertz CT molecular complexity index is 1400. The first-order valence-corrected chi connectivity index (χ1v) is 14.0. The number of aliphatic carboxylic acids is 1. The third-order valence-corrected chi connectivity index (χ3v) is 8.19. The minimum Gasteiger partial charge on any atom is -0.475 e. The first kappa shape index (κ1) is 30.4. The maximum Gasteiger partial charge on any atom is 0.490 e. The monoisotopic (exact) mass is 592 g/mol. The van der Waals surface area contributed by atoms with Gasteiger partial charge in [-0.2, -0.15) is 13.2 Å². The van der Waals surface area contributed by atoms with Crippen LogP contribution in [0.3, 0.4) is 0 Å². The molecule has 1 fully saturated rings. The second-order valence-electron chi connectivity index (χ2n) is 8.88. The molecule has 3 heterocycles. The van der Waals surface area contributed by atoms with Crippen LogP contribution in [-0.2, 0) is 26.9 Å². The molecule has 1 N–H and O–H groups in total. The van der Waals surface area contributed by atoms with Gasteiger partial charge in [0, 0.05) is 43.7 Å². The number of benzene rings is 1. The number of likely N-dealkylation sites (tertiary alicyclic amines) is 1. The average Bonchev–Trinajstić information content (AvgIpc) is 3.53. The summed E-state index contributed by atoms with van der Waals surface area (Å²) in [5.74, 6) is -3.78. The number of carbonyl (C=O) groups is 1. The van der Waals surface area contributed by atoms with Crippen LogP contribution >= 0.6 is 11.3 Å². The highest BCUT2D eigenvalue weighted by Crippen LogP contribution is 2.27. The van der Waals surface area contributed by atoms with E-state index in [0.29, 0.717) is 24.3 Å². The van der Waals surface area contributed by atoms with Gasteiger partial charge in [0.2, 0.25) is 9.84 Å². The van der Waals surface area contributed by atoms with Gasteiger partial charge in [0.1, 0.15) is 11.6 Å². The molecule has 2 aromatic heterocycles. The summed E-state index contributed by atoms with van der Waals surface area (Å²) in [4.78, 5) is 21.4. The molecule has 0 radical (unpaired) electrons. The maximum absolute atomic E-state index is 14.0. The zero-order valence-electron chi connectivity index (χ0n) is 20.8. The molecule has 1 aromatic carbocycles. The maximum atomic E-state index is 14.0. The molecule has 212 valence electrons. The smallest absolute Gasteiger partial charge is 0.475 e.